The van der Waals surface area contributed by atoms with Gasteiger partial charge in [0.25, 0.3) is 5.91 Å². The molecule has 4 atom stereocenters. The first-order valence-corrected chi connectivity index (χ1v) is 28.4. The Kier molecular flexibility index (Phi) is 11.4. The van der Waals surface area contributed by atoms with E-state index in [0.29, 0.717) is 5.57 Å². The fraction of sp³-hybridized carbons (Fsp3) is 0.326. The van der Waals surface area contributed by atoms with Crippen molar-refractivity contribution < 1.29 is 22.7 Å². The fourth-order valence-corrected chi connectivity index (χ4v) is 17.0. The summed E-state index contributed by atoms with van der Waals surface area (Å²) in [6.07, 6.45) is 0. The highest BCUT2D eigenvalue weighted by molar-refractivity contribution is 7.96. The van der Waals surface area contributed by atoms with Crippen molar-refractivity contribution in [2.75, 3.05) is 0 Å². The summed E-state index contributed by atoms with van der Waals surface area (Å²) in [7, 11) is -7.84. The maximum Gasteiger partial charge on any atom is 0.350 e. The predicted molar refractivity (Wildman–Crippen MR) is 230 cm³/mol. The molecule has 4 aromatic rings. The Morgan fingerprint density at radius 1 is 0.727 bits per heavy atom. The molecule has 12 heteroatoms. The molecule has 0 bridgehead atoms. The molecule has 0 aromatic heterocycles. The zero-order chi connectivity index (χ0) is 39.9. The van der Waals surface area contributed by atoms with Crippen LogP contribution in [0.2, 0.25) is 39.3 Å². The van der Waals surface area contributed by atoms with E-state index >= 15 is 4.79 Å². The number of benzene rings is 4. The van der Waals surface area contributed by atoms with Crippen LogP contribution in [-0.4, -0.2) is 80.1 Å². The Hall–Kier alpha value is -4.05. The summed E-state index contributed by atoms with van der Waals surface area (Å²) in [5.74, 6) is -1.04. The standard InChI is InChI=1S/C43H53N3O5SSi3/c1-31(2)36(42(49)50-55(33-25-17-12-18-26-33,34-27-19-13-20-28-34)35-29-21-14-22-30-35)44-39(47)38(41(44)52-51-54(8,9)10)45-40(48)37(32-23-15-11-16-24-32)46(43(45,3)4)53(5,6)7/h11-30,36-38,41H,1H2,2-10H3. The summed E-state index contributed by atoms with van der Waals surface area (Å²) < 4.78 is 15.8. The molecule has 2 saturated heterocycles. The third kappa shape index (κ3) is 7.60. The molecule has 2 heterocycles. The van der Waals surface area contributed by atoms with Gasteiger partial charge in [-0.3, -0.25) is 18.9 Å². The van der Waals surface area contributed by atoms with Crippen molar-refractivity contribution in [2.24, 2.45) is 0 Å². The first kappa shape index (κ1) is 40.6. The molecule has 0 spiro atoms. The van der Waals surface area contributed by atoms with Crippen molar-refractivity contribution in [3.63, 3.8) is 0 Å². The Labute approximate surface area is 334 Å². The number of hydrogen-bond donors (Lipinski definition) is 0. The number of nitrogens with zero attached hydrogens (tertiary/aromatic N) is 3. The second kappa shape index (κ2) is 15.5. The highest BCUT2D eigenvalue weighted by Crippen LogP contribution is 2.49. The van der Waals surface area contributed by atoms with E-state index in [4.69, 9.17) is 8.30 Å². The van der Waals surface area contributed by atoms with Gasteiger partial charge in [-0.15, -0.1) is 0 Å². The summed E-state index contributed by atoms with van der Waals surface area (Å²) in [6.45, 7) is 23.0. The summed E-state index contributed by atoms with van der Waals surface area (Å²) in [6, 6.07) is 36.9. The van der Waals surface area contributed by atoms with Gasteiger partial charge >= 0.3 is 14.3 Å². The second-order valence-electron chi connectivity index (χ2n) is 16.9. The molecule has 2 aliphatic heterocycles. The van der Waals surface area contributed by atoms with Crippen LogP contribution in [0, 0.1) is 0 Å². The van der Waals surface area contributed by atoms with Gasteiger partial charge in [-0.25, -0.2) is 0 Å². The van der Waals surface area contributed by atoms with Crippen LogP contribution in [0.1, 0.15) is 32.4 Å². The zero-order valence-electron chi connectivity index (χ0n) is 33.4. The van der Waals surface area contributed by atoms with Gasteiger partial charge in [0.2, 0.25) is 14.2 Å². The Morgan fingerprint density at radius 3 is 1.56 bits per heavy atom. The van der Waals surface area contributed by atoms with Crippen LogP contribution >= 0.6 is 12.0 Å². The number of carbonyl (C=O) groups excluding carboxylic acids is 3. The summed E-state index contributed by atoms with van der Waals surface area (Å²) in [5.41, 5.74) is 0.538. The zero-order valence-corrected chi connectivity index (χ0v) is 37.2. The molecule has 0 N–H and O–H groups in total. The first-order chi connectivity index (χ1) is 25.9. The molecule has 8 nitrogen and oxygen atoms in total. The van der Waals surface area contributed by atoms with Gasteiger partial charge in [0.1, 0.15) is 25.7 Å². The van der Waals surface area contributed by atoms with E-state index in [1.54, 1.807) is 16.7 Å². The topological polar surface area (TPSA) is 79.4 Å². The Bertz CT molecular complexity index is 1930. The van der Waals surface area contributed by atoms with Crippen LogP contribution in [0.5, 0.6) is 0 Å². The van der Waals surface area contributed by atoms with Gasteiger partial charge in [-0.05, 0) is 67.1 Å². The van der Waals surface area contributed by atoms with Gasteiger partial charge in [0.15, 0.2) is 6.04 Å². The smallest absolute Gasteiger partial charge is 0.350 e. The lowest BCUT2D eigenvalue weighted by molar-refractivity contribution is -0.170. The third-order valence-corrected chi connectivity index (χ3v) is 19.5. The van der Waals surface area contributed by atoms with E-state index in [2.05, 4.69) is 50.4 Å². The molecule has 0 saturated carbocycles. The molecular weight excluding hydrogens is 755 g/mol. The maximum atomic E-state index is 15.1. The largest absolute Gasteiger partial charge is 0.504 e. The molecule has 4 aromatic carbocycles. The number of carbonyl (C=O) groups is 3. The van der Waals surface area contributed by atoms with Crippen molar-refractivity contribution >= 4 is 70.3 Å². The SMILES string of the molecule is C=C(C)C(C(=O)O[Si](c1ccccc1)(c1ccccc1)c1ccccc1)N1C(=O)C(N2C(=O)C(c3ccccc3)N([Si](C)(C)C)C2(C)C)C1SO[Si](C)(C)C. The van der Waals surface area contributed by atoms with E-state index < -0.39 is 60.0 Å². The quantitative estimate of drug-likeness (QED) is 0.0494. The van der Waals surface area contributed by atoms with Crippen LogP contribution < -0.4 is 15.6 Å². The summed E-state index contributed by atoms with van der Waals surface area (Å²) in [5, 5.41) is 1.98. The molecule has 2 amide bonds. The fourth-order valence-electron chi connectivity index (χ4n) is 8.29. The van der Waals surface area contributed by atoms with Gasteiger partial charge in [-0.2, -0.15) is 0 Å². The predicted octanol–water partition coefficient (Wildman–Crippen LogP) is 6.63. The van der Waals surface area contributed by atoms with E-state index in [1.165, 1.54) is 12.0 Å². The van der Waals surface area contributed by atoms with Crippen molar-refractivity contribution in [1.82, 2.24) is 14.4 Å². The lowest BCUT2D eigenvalue weighted by atomic mass is 9.96. The van der Waals surface area contributed by atoms with Crippen molar-refractivity contribution in [3.8, 4) is 0 Å². The minimum Gasteiger partial charge on any atom is -0.504 e. The number of β-lactam (4-membered cyclic amide) rings is 1. The van der Waals surface area contributed by atoms with Crippen LogP contribution in [0.3, 0.4) is 0 Å². The van der Waals surface area contributed by atoms with Gasteiger partial charge < -0.3 is 18.1 Å². The second-order valence-corrected chi connectivity index (χ2v) is 30.6. The van der Waals surface area contributed by atoms with E-state index in [1.807, 2.05) is 135 Å². The molecule has 288 valence electrons. The van der Waals surface area contributed by atoms with E-state index in [-0.39, 0.29) is 11.8 Å². The molecule has 0 aliphatic carbocycles. The molecule has 2 fully saturated rings. The molecular formula is C43H53N3O5SSi3. The van der Waals surface area contributed by atoms with Gasteiger partial charge in [0.05, 0.1) is 5.66 Å². The lowest BCUT2D eigenvalue weighted by Gasteiger charge is -2.56. The summed E-state index contributed by atoms with van der Waals surface area (Å²) >= 11 is 1.18. The molecule has 6 rings (SSSR count). The Morgan fingerprint density at radius 2 is 1.16 bits per heavy atom. The first-order valence-electron chi connectivity index (χ1n) is 18.8. The number of amides is 2. The summed E-state index contributed by atoms with van der Waals surface area (Å²) in [4.78, 5) is 48.3. The molecule has 0 radical (unpaired) electrons. The third-order valence-electron chi connectivity index (χ3n) is 10.2. The van der Waals surface area contributed by atoms with Crippen molar-refractivity contribution in [2.45, 2.75) is 89.2 Å². The minimum atomic E-state index is -3.50. The number of rotatable bonds is 13. The van der Waals surface area contributed by atoms with Crippen LogP contribution in [0.25, 0.3) is 0 Å². The van der Waals surface area contributed by atoms with Crippen molar-refractivity contribution in [3.05, 3.63) is 139 Å². The molecule has 2 aliphatic rings. The van der Waals surface area contributed by atoms with Crippen LogP contribution in [-0.2, 0) is 22.7 Å². The Balaban J connectivity index is 1.45. The van der Waals surface area contributed by atoms with Gasteiger partial charge in [0, 0.05) is 12.0 Å². The lowest BCUT2D eigenvalue weighted by Crippen LogP contribution is -2.77. The normalized spacial score (nSPS) is 20.9. The minimum absolute atomic E-state index is 0.131. The van der Waals surface area contributed by atoms with Gasteiger partial charge in [-0.1, -0.05) is 148 Å². The monoisotopic (exact) mass is 807 g/mol. The molecule has 55 heavy (non-hydrogen) atoms. The van der Waals surface area contributed by atoms with Crippen molar-refractivity contribution in [1.29, 1.82) is 0 Å². The highest BCUT2D eigenvalue weighted by Gasteiger charge is 2.66. The van der Waals surface area contributed by atoms with E-state index in [0.717, 1.165) is 21.1 Å². The molecule has 4 unspecified atom stereocenters. The average Bonchev–Trinajstić information content (AvgIpc) is 3.36. The highest BCUT2D eigenvalue weighted by atomic mass is 32.2. The number of likely N-dealkylation sites (tertiary alicyclic amines) is 1. The van der Waals surface area contributed by atoms with Crippen LogP contribution in [0.4, 0.5) is 0 Å². The maximum absolute atomic E-state index is 15.1. The van der Waals surface area contributed by atoms with E-state index in [9.17, 15) is 9.59 Å². The van der Waals surface area contributed by atoms with Crippen LogP contribution in [0.15, 0.2) is 133 Å². The average molecular weight is 808 g/mol. The number of hydrogen-bond acceptors (Lipinski definition) is 7.